The molecule has 0 saturated heterocycles. The highest BCUT2D eigenvalue weighted by Gasteiger charge is 2.21. The van der Waals surface area contributed by atoms with Crippen molar-refractivity contribution in [2.75, 3.05) is 27.3 Å². The first-order valence-corrected chi connectivity index (χ1v) is 8.35. The van der Waals surface area contributed by atoms with Crippen LogP contribution in [0.2, 0.25) is 0 Å². The molecule has 0 aliphatic heterocycles. The number of ether oxygens (including phenoxy) is 2. The largest absolute Gasteiger partial charge is 0.462 e. The number of nitrogens with zero attached hydrogens (tertiary/aromatic N) is 1. The van der Waals surface area contributed by atoms with Crippen molar-refractivity contribution in [3.05, 3.63) is 23.9 Å². The van der Waals surface area contributed by atoms with Crippen LogP contribution in [-0.2, 0) is 19.1 Å². The zero-order chi connectivity index (χ0) is 17.7. The van der Waals surface area contributed by atoms with Crippen molar-refractivity contribution in [2.24, 2.45) is 5.92 Å². The molecule has 1 unspecified atom stereocenters. The fraction of sp³-hybridized carbons (Fsp3) is 0.667. The predicted octanol–water partition coefficient (Wildman–Crippen LogP) is 3.31. The number of esters is 2. The molecule has 0 aromatic heterocycles. The smallest absolute Gasteiger partial charge is 0.345 e. The zero-order valence-corrected chi connectivity index (χ0v) is 15.1. The summed E-state index contributed by atoms with van der Waals surface area (Å²) in [6, 6.07) is 0. The van der Waals surface area contributed by atoms with Crippen molar-refractivity contribution >= 4 is 11.9 Å². The summed E-state index contributed by atoms with van der Waals surface area (Å²) in [5.74, 6) is -0.941. The molecule has 0 fully saturated rings. The van der Waals surface area contributed by atoms with Crippen molar-refractivity contribution in [2.45, 2.75) is 46.5 Å². The molecular weight excluding hydrogens is 294 g/mol. The van der Waals surface area contributed by atoms with Gasteiger partial charge in [0.15, 0.2) is 0 Å². The fourth-order valence-corrected chi connectivity index (χ4v) is 1.91. The van der Waals surface area contributed by atoms with E-state index in [2.05, 4.69) is 13.8 Å². The molecule has 0 amide bonds. The van der Waals surface area contributed by atoms with Crippen LogP contribution < -0.4 is 0 Å². The lowest BCUT2D eigenvalue weighted by molar-refractivity contribution is -0.147. The van der Waals surface area contributed by atoms with Gasteiger partial charge in [-0.1, -0.05) is 33.1 Å². The van der Waals surface area contributed by atoms with E-state index in [1.807, 2.05) is 19.0 Å². The molecule has 1 atom stereocenters. The Bertz CT molecular complexity index is 413. The quantitative estimate of drug-likeness (QED) is 0.192. The van der Waals surface area contributed by atoms with Crippen molar-refractivity contribution < 1.29 is 19.1 Å². The lowest BCUT2D eigenvalue weighted by Gasteiger charge is -2.15. The number of carbonyl (C=O) groups is 2. The molecular formula is C18H31NO4. The number of hydrogen-bond donors (Lipinski definition) is 0. The highest BCUT2D eigenvalue weighted by atomic mass is 16.6. The first kappa shape index (κ1) is 21.2. The topological polar surface area (TPSA) is 55.8 Å². The van der Waals surface area contributed by atoms with E-state index in [-0.39, 0.29) is 12.2 Å². The Morgan fingerprint density at radius 1 is 1.09 bits per heavy atom. The Labute approximate surface area is 140 Å². The van der Waals surface area contributed by atoms with Gasteiger partial charge in [-0.3, -0.25) is 0 Å². The van der Waals surface area contributed by atoms with E-state index in [0.29, 0.717) is 12.5 Å². The van der Waals surface area contributed by atoms with Crippen molar-refractivity contribution in [3.8, 4) is 0 Å². The van der Waals surface area contributed by atoms with Gasteiger partial charge in [-0.05, 0) is 37.6 Å². The monoisotopic (exact) mass is 325 g/mol. The van der Waals surface area contributed by atoms with Crippen LogP contribution in [0.25, 0.3) is 0 Å². The summed E-state index contributed by atoms with van der Waals surface area (Å²) < 4.78 is 10.2. The van der Waals surface area contributed by atoms with Crippen LogP contribution in [-0.4, -0.2) is 44.1 Å². The lowest BCUT2D eigenvalue weighted by Crippen LogP contribution is -2.21. The molecule has 23 heavy (non-hydrogen) atoms. The SMILES string of the molecule is CCCCC(CC)COC(=O)C(=CC=CN(C)C)C(=O)OCC. The van der Waals surface area contributed by atoms with Crippen molar-refractivity contribution in [1.29, 1.82) is 0 Å². The maximum Gasteiger partial charge on any atom is 0.345 e. The molecule has 5 nitrogen and oxygen atoms in total. The molecule has 0 bridgehead atoms. The van der Waals surface area contributed by atoms with Crippen LogP contribution in [0.1, 0.15) is 46.5 Å². The Morgan fingerprint density at radius 3 is 2.26 bits per heavy atom. The second-order valence-electron chi connectivity index (χ2n) is 5.62. The van der Waals surface area contributed by atoms with Crippen LogP contribution in [0.15, 0.2) is 23.9 Å². The second-order valence-corrected chi connectivity index (χ2v) is 5.62. The molecule has 0 aliphatic carbocycles. The van der Waals surface area contributed by atoms with Gasteiger partial charge in [0, 0.05) is 14.1 Å². The van der Waals surface area contributed by atoms with E-state index in [0.717, 1.165) is 25.7 Å². The van der Waals surface area contributed by atoms with Gasteiger partial charge in [0.2, 0.25) is 0 Å². The third-order valence-corrected chi connectivity index (χ3v) is 3.36. The zero-order valence-electron chi connectivity index (χ0n) is 15.1. The predicted molar refractivity (Wildman–Crippen MR) is 91.8 cm³/mol. The third kappa shape index (κ3) is 9.76. The molecule has 0 aromatic rings. The summed E-state index contributed by atoms with van der Waals surface area (Å²) in [5.41, 5.74) is -0.0738. The van der Waals surface area contributed by atoms with E-state index in [1.54, 1.807) is 19.2 Å². The molecule has 0 aromatic carbocycles. The molecule has 0 spiro atoms. The van der Waals surface area contributed by atoms with Crippen LogP contribution in [0.5, 0.6) is 0 Å². The number of allylic oxidation sites excluding steroid dienone is 2. The Morgan fingerprint density at radius 2 is 1.74 bits per heavy atom. The van der Waals surface area contributed by atoms with Gasteiger partial charge in [-0.25, -0.2) is 9.59 Å². The van der Waals surface area contributed by atoms with E-state index in [1.165, 1.54) is 6.08 Å². The summed E-state index contributed by atoms with van der Waals surface area (Å²) in [7, 11) is 3.71. The normalized spacial score (nSPS) is 13.0. The Hall–Kier alpha value is -1.78. The number of unbranched alkanes of at least 4 members (excludes halogenated alkanes) is 1. The summed E-state index contributed by atoms with van der Waals surface area (Å²) in [5, 5.41) is 0. The minimum absolute atomic E-state index is 0.0738. The number of hydrogen-bond acceptors (Lipinski definition) is 5. The standard InChI is InChI=1S/C18H31NO4/c1-6-9-11-15(7-2)14-23-18(21)16(17(20)22-8-3)12-10-13-19(4)5/h10,12-13,15H,6-9,11,14H2,1-5H3. The number of rotatable bonds is 11. The van der Waals surface area contributed by atoms with Crippen LogP contribution in [0, 0.1) is 5.92 Å². The first-order valence-electron chi connectivity index (χ1n) is 8.35. The number of carbonyl (C=O) groups excluding carboxylic acids is 2. The van der Waals surface area contributed by atoms with E-state index >= 15 is 0 Å². The average molecular weight is 325 g/mol. The summed E-state index contributed by atoms with van der Waals surface area (Å²) >= 11 is 0. The molecule has 132 valence electrons. The van der Waals surface area contributed by atoms with Crippen LogP contribution in [0.4, 0.5) is 0 Å². The maximum atomic E-state index is 12.2. The molecule has 0 N–H and O–H groups in total. The van der Waals surface area contributed by atoms with Gasteiger partial charge in [-0.15, -0.1) is 0 Å². The van der Waals surface area contributed by atoms with Gasteiger partial charge in [-0.2, -0.15) is 0 Å². The lowest BCUT2D eigenvalue weighted by atomic mass is 10.0. The van der Waals surface area contributed by atoms with Gasteiger partial charge in [0.25, 0.3) is 0 Å². The molecule has 0 saturated carbocycles. The van der Waals surface area contributed by atoms with E-state index < -0.39 is 11.9 Å². The molecule has 0 heterocycles. The maximum absolute atomic E-state index is 12.2. The average Bonchev–Trinajstić information content (AvgIpc) is 2.51. The minimum Gasteiger partial charge on any atom is -0.462 e. The summed E-state index contributed by atoms with van der Waals surface area (Å²) in [6.07, 6.45) is 9.01. The minimum atomic E-state index is -0.650. The Balaban J connectivity index is 4.82. The van der Waals surface area contributed by atoms with Gasteiger partial charge in [0.05, 0.1) is 13.2 Å². The third-order valence-electron chi connectivity index (χ3n) is 3.36. The fourth-order valence-electron chi connectivity index (χ4n) is 1.91. The molecule has 0 radical (unpaired) electrons. The van der Waals surface area contributed by atoms with E-state index in [9.17, 15) is 9.59 Å². The molecule has 0 rings (SSSR count). The molecule has 0 aliphatic rings. The second kappa shape index (κ2) is 12.7. The van der Waals surface area contributed by atoms with Gasteiger partial charge < -0.3 is 14.4 Å². The van der Waals surface area contributed by atoms with Crippen LogP contribution in [0.3, 0.4) is 0 Å². The van der Waals surface area contributed by atoms with Crippen LogP contribution >= 0.6 is 0 Å². The first-order chi connectivity index (χ1) is 11.0. The highest BCUT2D eigenvalue weighted by Crippen LogP contribution is 2.14. The van der Waals surface area contributed by atoms with Crippen molar-refractivity contribution in [3.63, 3.8) is 0 Å². The van der Waals surface area contributed by atoms with Crippen molar-refractivity contribution in [1.82, 2.24) is 4.90 Å². The highest BCUT2D eigenvalue weighted by molar-refractivity contribution is 6.14. The van der Waals surface area contributed by atoms with Gasteiger partial charge in [0.1, 0.15) is 5.57 Å². The van der Waals surface area contributed by atoms with E-state index in [4.69, 9.17) is 9.47 Å². The summed E-state index contributed by atoms with van der Waals surface area (Å²) in [6.45, 7) is 6.47. The Kier molecular flexibility index (Phi) is 11.7. The van der Waals surface area contributed by atoms with Gasteiger partial charge >= 0.3 is 11.9 Å². The summed E-state index contributed by atoms with van der Waals surface area (Å²) in [4.78, 5) is 25.9. The molecule has 5 heteroatoms.